The fourth-order valence-electron chi connectivity index (χ4n) is 4.45. The molecule has 1 aliphatic carbocycles. The third-order valence-electron chi connectivity index (χ3n) is 6.54. The Hall–Kier alpha value is -2.80. The number of rotatable bonds is 9. The van der Waals surface area contributed by atoms with Crippen LogP contribution in [0.25, 0.3) is 0 Å². The minimum atomic E-state index is -0.131. The molecule has 1 aliphatic heterocycles. The quantitative estimate of drug-likeness (QED) is 0.297. The minimum Gasteiger partial charge on any atom is -0.466 e. The number of unbranched alkanes of at least 4 members (excludes halogenated alkanes) is 1. The Balaban J connectivity index is 1.31. The number of hydrogen-bond donors (Lipinski definition) is 1. The van der Waals surface area contributed by atoms with Crippen LogP contribution in [-0.2, 0) is 22.4 Å². The zero-order valence-electron chi connectivity index (χ0n) is 20.5. The molecular weight excluding hydrogens is 458 g/mol. The first kappa shape index (κ1) is 25.3. The monoisotopic (exact) mass is 493 g/mol. The summed E-state index contributed by atoms with van der Waals surface area (Å²) in [6, 6.07) is 13.6. The second-order valence-corrected chi connectivity index (χ2v) is 10.5. The van der Waals surface area contributed by atoms with Crippen molar-refractivity contribution in [1.29, 1.82) is 0 Å². The van der Waals surface area contributed by atoms with Crippen LogP contribution in [-0.4, -0.2) is 54.3 Å². The van der Waals surface area contributed by atoms with Gasteiger partial charge in [0.2, 0.25) is 0 Å². The number of hydrogen-bond acceptors (Lipinski definition) is 6. The second-order valence-electron chi connectivity index (χ2n) is 9.26. The van der Waals surface area contributed by atoms with E-state index < -0.39 is 0 Å². The van der Waals surface area contributed by atoms with E-state index in [0.29, 0.717) is 24.5 Å². The Bertz CT molecular complexity index is 1030. The first-order valence-electron chi connectivity index (χ1n) is 12.7. The number of nitrogens with zero attached hydrogens (tertiary/aromatic N) is 2. The van der Waals surface area contributed by atoms with Crippen LogP contribution in [0.15, 0.2) is 47.6 Å². The summed E-state index contributed by atoms with van der Waals surface area (Å²) in [6.45, 7) is 4.56. The molecule has 2 aliphatic rings. The molecule has 35 heavy (non-hydrogen) atoms. The van der Waals surface area contributed by atoms with Crippen LogP contribution >= 0.6 is 11.8 Å². The van der Waals surface area contributed by atoms with E-state index in [4.69, 9.17) is 4.74 Å². The van der Waals surface area contributed by atoms with Gasteiger partial charge in [0.25, 0.3) is 5.91 Å². The largest absolute Gasteiger partial charge is 0.466 e. The van der Waals surface area contributed by atoms with Crippen molar-refractivity contribution in [3.05, 3.63) is 64.7 Å². The van der Waals surface area contributed by atoms with Crippen LogP contribution in [0.5, 0.6) is 0 Å². The number of thioether (sulfide) groups is 1. The van der Waals surface area contributed by atoms with Gasteiger partial charge < -0.3 is 10.1 Å². The molecule has 6 nitrogen and oxygen atoms in total. The first-order valence-corrected chi connectivity index (χ1v) is 13.8. The lowest BCUT2D eigenvalue weighted by Crippen LogP contribution is -2.27. The Morgan fingerprint density at radius 3 is 2.71 bits per heavy atom. The van der Waals surface area contributed by atoms with Crippen molar-refractivity contribution >= 4 is 35.5 Å². The molecule has 1 atom stereocenters. The third kappa shape index (κ3) is 7.59. The number of esters is 1. The SMILES string of the molecule is CCCCOC(=O)CC1CCc2ccc(NC(=O)c3ccc(C=NN4CCSCC4)cc3)cc2C1. The van der Waals surface area contributed by atoms with Crippen molar-refractivity contribution in [2.24, 2.45) is 11.0 Å². The number of nitrogens with one attached hydrogen (secondary N) is 1. The standard InChI is InChI=1S/C28H35N3O3S/c1-2-3-14-34-27(32)18-22-6-7-23-10-11-26(19-25(23)17-22)30-28(33)24-8-4-21(5-9-24)20-29-31-12-15-35-16-13-31/h4-5,8-11,19-20,22H,2-3,6-7,12-18H2,1H3,(H,30,33). The highest BCUT2D eigenvalue weighted by molar-refractivity contribution is 7.99. The summed E-state index contributed by atoms with van der Waals surface area (Å²) in [5.74, 6) is 2.30. The van der Waals surface area contributed by atoms with Crippen molar-refractivity contribution in [1.82, 2.24) is 5.01 Å². The van der Waals surface area contributed by atoms with Gasteiger partial charge in [-0.1, -0.05) is 31.5 Å². The molecule has 1 fully saturated rings. The average Bonchev–Trinajstić information content (AvgIpc) is 2.88. The summed E-state index contributed by atoms with van der Waals surface area (Å²) in [6.07, 6.45) is 7.05. The third-order valence-corrected chi connectivity index (χ3v) is 7.48. The summed E-state index contributed by atoms with van der Waals surface area (Å²) in [7, 11) is 0. The molecular formula is C28H35N3O3S. The van der Waals surface area contributed by atoms with Gasteiger partial charge in [0, 0.05) is 42.3 Å². The normalized spacial score (nSPS) is 17.7. The second kappa shape index (κ2) is 12.8. The molecule has 2 aromatic rings. The van der Waals surface area contributed by atoms with Crippen LogP contribution < -0.4 is 5.32 Å². The number of ether oxygens (including phenoxy) is 1. The minimum absolute atomic E-state index is 0.0974. The Labute approximate surface area is 212 Å². The van der Waals surface area contributed by atoms with Gasteiger partial charge in [-0.3, -0.25) is 14.6 Å². The summed E-state index contributed by atoms with van der Waals surface area (Å²) < 4.78 is 5.35. The van der Waals surface area contributed by atoms with E-state index in [1.807, 2.05) is 48.3 Å². The smallest absolute Gasteiger partial charge is 0.306 e. The van der Waals surface area contributed by atoms with Gasteiger partial charge in [-0.2, -0.15) is 16.9 Å². The van der Waals surface area contributed by atoms with Crippen molar-refractivity contribution in [2.45, 2.75) is 45.4 Å². The summed E-state index contributed by atoms with van der Waals surface area (Å²) in [5, 5.41) is 9.66. The molecule has 186 valence electrons. The van der Waals surface area contributed by atoms with Crippen LogP contribution in [0.4, 0.5) is 5.69 Å². The fraction of sp³-hybridized carbons (Fsp3) is 0.464. The van der Waals surface area contributed by atoms with Crippen LogP contribution in [0.2, 0.25) is 0 Å². The first-order chi connectivity index (χ1) is 17.1. The molecule has 0 bridgehead atoms. The molecule has 0 saturated carbocycles. The summed E-state index contributed by atoms with van der Waals surface area (Å²) in [5.41, 5.74) is 4.89. The maximum atomic E-state index is 12.8. The Kier molecular flexibility index (Phi) is 9.23. The highest BCUT2D eigenvalue weighted by Crippen LogP contribution is 2.30. The van der Waals surface area contributed by atoms with E-state index in [1.54, 1.807) is 0 Å². The van der Waals surface area contributed by atoms with E-state index in [2.05, 4.69) is 34.5 Å². The zero-order chi connectivity index (χ0) is 24.5. The fourth-order valence-corrected chi connectivity index (χ4v) is 5.33. The van der Waals surface area contributed by atoms with E-state index in [1.165, 1.54) is 11.1 Å². The van der Waals surface area contributed by atoms with Crippen molar-refractivity contribution in [3.63, 3.8) is 0 Å². The lowest BCUT2D eigenvalue weighted by atomic mass is 9.82. The topological polar surface area (TPSA) is 71.0 Å². The molecule has 1 N–H and O–H groups in total. The van der Waals surface area contributed by atoms with E-state index in [0.717, 1.165) is 68.0 Å². The van der Waals surface area contributed by atoms with Gasteiger partial charge in [0.15, 0.2) is 0 Å². The van der Waals surface area contributed by atoms with E-state index in [-0.39, 0.29) is 11.9 Å². The lowest BCUT2D eigenvalue weighted by molar-refractivity contribution is -0.145. The molecule has 1 amide bonds. The number of amides is 1. The van der Waals surface area contributed by atoms with E-state index in [9.17, 15) is 9.59 Å². The van der Waals surface area contributed by atoms with Crippen LogP contribution in [0.1, 0.15) is 59.7 Å². The molecule has 2 aromatic carbocycles. The summed E-state index contributed by atoms with van der Waals surface area (Å²) in [4.78, 5) is 24.9. The molecule has 4 rings (SSSR count). The van der Waals surface area contributed by atoms with Gasteiger partial charge in [-0.05, 0) is 72.6 Å². The molecule has 7 heteroatoms. The number of anilines is 1. The number of carbonyl (C=O) groups excluding carboxylic acids is 2. The molecule has 0 spiro atoms. The average molecular weight is 494 g/mol. The van der Waals surface area contributed by atoms with Gasteiger partial charge >= 0.3 is 5.97 Å². The lowest BCUT2D eigenvalue weighted by Gasteiger charge is -2.24. The molecule has 0 radical (unpaired) electrons. The number of benzene rings is 2. The van der Waals surface area contributed by atoms with Gasteiger partial charge in [-0.25, -0.2) is 0 Å². The molecule has 1 unspecified atom stereocenters. The van der Waals surface area contributed by atoms with Crippen molar-refractivity contribution in [2.75, 3.05) is 36.5 Å². The number of hydrazone groups is 1. The highest BCUT2D eigenvalue weighted by Gasteiger charge is 2.22. The van der Waals surface area contributed by atoms with Crippen molar-refractivity contribution in [3.8, 4) is 0 Å². The van der Waals surface area contributed by atoms with Crippen LogP contribution in [0, 0.1) is 5.92 Å². The maximum Gasteiger partial charge on any atom is 0.306 e. The maximum absolute atomic E-state index is 12.8. The predicted octanol–water partition coefficient (Wildman–Crippen LogP) is 5.16. The highest BCUT2D eigenvalue weighted by atomic mass is 32.2. The van der Waals surface area contributed by atoms with Gasteiger partial charge in [-0.15, -0.1) is 0 Å². The summed E-state index contributed by atoms with van der Waals surface area (Å²) >= 11 is 1.96. The molecule has 1 heterocycles. The van der Waals surface area contributed by atoms with E-state index >= 15 is 0 Å². The van der Waals surface area contributed by atoms with Crippen LogP contribution in [0.3, 0.4) is 0 Å². The Morgan fingerprint density at radius 1 is 1.14 bits per heavy atom. The van der Waals surface area contributed by atoms with Gasteiger partial charge in [0.1, 0.15) is 0 Å². The van der Waals surface area contributed by atoms with Crippen molar-refractivity contribution < 1.29 is 14.3 Å². The Morgan fingerprint density at radius 2 is 1.94 bits per heavy atom. The molecule has 1 saturated heterocycles. The number of fused-ring (bicyclic) bond motifs is 1. The predicted molar refractivity (Wildman–Crippen MR) is 143 cm³/mol. The number of aryl methyl sites for hydroxylation is 1. The molecule has 0 aromatic heterocycles. The zero-order valence-corrected chi connectivity index (χ0v) is 21.3. The number of carbonyl (C=O) groups is 2. The van der Waals surface area contributed by atoms with Gasteiger partial charge in [0.05, 0.1) is 12.8 Å².